The Morgan fingerprint density at radius 1 is 0.773 bits per heavy atom. The van der Waals surface area contributed by atoms with Crippen molar-refractivity contribution in [3.05, 3.63) is 0 Å². The Labute approximate surface area is 137 Å². The number of rotatable bonds is 14. The van der Waals surface area contributed by atoms with E-state index in [1.54, 1.807) is 0 Å². The molecule has 0 aliphatic carbocycles. The highest BCUT2D eigenvalue weighted by Crippen LogP contribution is 2.21. The second-order valence-corrected chi connectivity index (χ2v) is 7.87. The van der Waals surface area contributed by atoms with Gasteiger partial charge in [0, 0.05) is 25.9 Å². The van der Waals surface area contributed by atoms with Gasteiger partial charge < -0.3 is 13.3 Å². The molecular weight excluding hydrogens is 298 g/mol. The number of nitrogens with one attached hydrogen (secondary N) is 1. The Hall–Kier alpha value is -0.523. The van der Waals surface area contributed by atoms with Gasteiger partial charge in [-0.1, -0.05) is 47.0 Å². The van der Waals surface area contributed by atoms with Gasteiger partial charge in [0.15, 0.2) is 0 Å². The zero-order chi connectivity index (χ0) is 17.1. The number of hydrogen-bond donors (Lipinski definition) is 1. The minimum atomic E-state index is -2.41. The van der Waals surface area contributed by atoms with Crippen LogP contribution in [-0.4, -0.2) is 34.7 Å². The molecule has 1 N–H and O–H groups in total. The van der Waals surface area contributed by atoms with E-state index in [1.807, 2.05) is 0 Å². The van der Waals surface area contributed by atoms with Crippen LogP contribution in [0.5, 0.6) is 0 Å². The van der Waals surface area contributed by atoms with Gasteiger partial charge >= 0.3 is 8.80 Å². The SMILES string of the molecule is CCCCCC[Si](OCCC)(OCCC)OCCC.N=C=O. The largest absolute Gasteiger partial charge is 0.500 e. The van der Waals surface area contributed by atoms with Gasteiger partial charge in [-0.05, 0) is 25.7 Å². The van der Waals surface area contributed by atoms with Crippen molar-refractivity contribution >= 4 is 14.9 Å². The van der Waals surface area contributed by atoms with Crippen molar-refractivity contribution in [3.8, 4) is 0 Å². The minimum Gasteiger partial charge on any atom is -0.373 e. The highest BCUT2D eigenvalue weighted by atomic mass is 28.4. The zero-order valence-electron chi connectivity index (χ0n) is 14.9. The van der Waals surface area contributed by atoms with Crippen LogP contribution in [0.2, 0.25) is 6.04 Å². The summed E-state index contributed by atoms with van der Waals surface area (Å²) in [6.07, 6.45) is 8.79. The van der Waals surface area contributed by atoms with Crippen LogP contribution >= 0.6 is 0 Å². The molecule has 0 aromatic rings. The van der Waals surface area contributed by atoms with Crippen LogP contribution in [0.25, 0.3) is 0 Å². The van der Waals surface area contributed by atoms with E-state index in [-0.39, 0.29) is 0 Å². The second kappa shape index (κ2) is 18.5. The lowest BCUT2D eigenvalue weighted by atomic mass is 10.2. The summed E-state index contributed by atoms with van der Waals surface area (Å²) in [6.45, 7) is 10.9. The van der Waals surface area contributed by atoms with Gasteiger partial charge in [0.05, 0.1) is 0 Å². The Morgan fingerprint density at radius 2 is 1.18 bits per heavy atom. The smallest absolute Gasteiger partial charge is 0.373 e. The maximum Gasteiger partial charge on any atom is 0.500 e. The van der Waals surface area contributed by atoms with Crippen LogP contribution in [0.3, 0.4) is 0 Å². The predicted molar refractivity (Wildman–Crippen MR) is 91.8 cm³/mol. The van der Waals surface area contributed by atoms with Gasteiger partial charge in [0.1, 0.15) is 0 Å². The van der Waals surface area contributed by atoms with Gasteiger partial charge in [-0.2, -0.15) is 0 Å². The van der Waals surface area contributed by atoms with Crippen molar-refractivity contribution in [2.24, 2.45) is 0 Å². The number of unbranched alkanes of at least 4 members (excludes halogenated alkanes) is 3. The molecule has 0 bridgehead atoms. The summed E-state index contributed by atoms with van der Waals surface area (Å²) >= 11 is 0. The maximum atomic E-state index is 8.35. The van der Waals surface area contributed by atoms with Crippen molar-refractivity contribution in [1.82, 2.24) is 0 Å². The van der Waals surface area contributed by atoms with Crippen LogP contribution in [-0.2, 0) is 18.1 Å². The molecule has 0 saturated heterocycles. The van der Waals surface area contributed by atoms with Crippen LogP contribution in [0.4, 0.5) is 0 Å². The monoisotopic (exact) mass is 333 g/mol. The Kier molecular flexibility index (Phi) is 20.0. The average Bonchev–Trinajstić information content (AvgIpc) is 2.53. The molecule has 0 unspecified atom stereocenters. The first kappa shape index (κ1) is 23.7. The molecule has 0 aliphatic heterocycles. The molecule has 0 aromatic carbocycles. The molecule has 6 heteroatoms. The first-order chi connectivity index (χ1) is 10.7. The first-order valence-corrected chi connectivity index (χ1v) is 10.5. The van der Waals surface area contributed by atoms with Gasteiger partial charge in [0.25, 0.3) is 0 Å². The van der Waals surface area contributed by atoms with Crippen molar-refractivity contribution in [3.63, 3.8) is 0 Å². The third-order valence-electron chi connectivity index (χ3n) is 2.91. The molecule has 0 aromatic heterocycles. The van der Waals surface area contributed by atoms with E-state index in [9.17, 15) is 0 Å². The molecule has 0 fully saturated rings. The topological polar surface area (TPSA) is 68.6 Å². The highest BCUT2D eigenvalue weighted by Gasteiger charge is 2.40. The van der Waals surface area contributed by atoms with Crippen LogP contribution in [0.15, 0.2) is 0 Å². The first-order valence-electron chi connectivity index (χ1n) is 8.61. The molecule has 132 valence electrons. The van der Waals surface area contributed by atoms with Gasteiger partial charge in [0.2, 0.25) is 6.08 Å². The van der Waals surface area contributed by atoms with E-state index in [4.69, 9.17) is 23.5 Å². The normalized spacial score (nSPS) is 10.7. The van der Waals surface area contributed by atoms with E-state index in [2.05, 4.69) is 27.7 Å². The lowest BCUT2D eigenvalue weighted by Gasteiger charge is -2.29. The van der Waals surface area contributed by atoms with Crippen molar-refractivity contribution in [2.75, 3.05) is 19.8 Å². The number of hydrogen-bond acceptors (Lipinski definition) is 5. The summed E-state index contributed by atoms with van der Waals surface area (Å²) in [6, 6.07) is 0.979. The Balaban J connectivity index is 0. The van der Waals surface area contributed by atoms with E-state index < -0.39 is 8.80 Å². The molecule has 0 amide bonds. The van der Waals surface area contributed by atoms with Crippen LogP contribution < -0.4 is 0 Å². The summed E-state index contributed by atoms with van der Waals surface area (Å²) in [5, 5.41) is 5.40. The van der Waals surface area contributed by atoms with Crippen molar-refractivity contribution in [2.45, 2.75) is 78.7 Å². The maximum absolute atomic E-state index is 8.35. The molecule has 0 saturated carbocycles. The molecule has 0 atom stereocenters. The Morgan fingerprint density at radius 3 is 1.50 bits per heavy atom. The fourth-order valence-electron chi connectivity index (χ4n) is 1.88. The summed E-state index contributed by atoms with van der Waals surface area (Å²) in [7, 11) is -2.41. The quantitative estimate of drug-likeness (QED) is 0.217. The van der Waals surface area contributed by atoms with Crippen molar-refractivity contribution < 1.29 is 18.1 Å². The summed E-state index contributed by atoms with van der Waals surface area (Å²) in [5.41, 5.74) is 0. The van der Waals surface area contributed by atoms with Gasteiger partial charge in [-0.3, -0.25) is 0 Å². The van der Waals surface area contributed by atoms with E-state index in [0.717, 1.165) is 57.6 Å². The van der Waals surface area contributed by atoms with Crippen LogP contribution in [0, 0.1) is 5.41 Å². The third-order valence-corrected chi connectivity index (χ3v) is 5.81. The molecular formula is C16H35NO4Si. The molecule has 22 heavy (non-hydrogen) atoms. The van der Waals surface area contributed by atoms with Crippen molar-refractivity contribution in [1.29, 1.82) is 5.41 Å². The summed E-state index contributed by atoms with van der Waals surface area (Å²) in [5.74, 6) is 0. The average molecular weight is 334 g/mol. The minimum absolute atomic E-state index is 0.750. The number of isocyanates is 1. The fourth-order valence-corrected chi connectivity index (χ4v) is 4.79. The molecule has 0 radical (unpaired) electrons. The van der Waals surface area contributed by atoms with Gasteiger partial charge in [-0.25, -0.2) is 10.2 Å². The molecule has 0 spiro atoms. The second-order valence-electron chi connectivity index (χ2n) is 5.14. The van der Waals surface area contributed by atoms with E-state index in [0.29, 0.717) is 0 Å². The third kappa shape index (κ3) is 14.4. The molecule has 5 nitrogen and oxygen atoms in total. The molecule has 0 aliphatic rings. The number of carbonyl (C=O) groups excluding carboxylic acids is 1. The van der Waals surface area contributed by atoms with Gasteiger partial charge in [-0.15, -0.1) is 0 Å². The lowest BCUT2D eigenvalue weighted by molar-refractivity contribution is 0.0586. The fraction of sp³-hybridized carbons (Fsp3) is 0.938. The Bertz CT molecular complexity index is 237. The van der Waals surface area contributed by atoms with E-state index >= 15 is 0 Å². The van der Waals surface area contributed by atoms with Crippen LogP contribution in [0.1, 0.15) is 72.6 Å². The van der Waals surface area contributed by atoms with E-state index in [1.165, 1.54) is 19.3 Å². The highest BCUT2D eigenvalue weighted by molar-refractivity contribution is 6.60. The standard InChI is InChI=1S/C15H34O3Si.CHNO/c1-5-9-10-11-15-19(16-12-6-2,17-13-7-3)18-14-8-4;2-1-3/h5-15H2,1-4H3;2H. The summed E-state index contributed by atoms with van der Waals surface area (Å²) < 4.78 is 18.2. The lowest BCUT2D eigenvalue weighted by Crippen LogP contribution is -2.46. The summed E-state index contributed by atoms with van der Waals surface area (Å²) in [4.78, 5) is 8.35. The molecule has 0 heterocycles. The predicted octanol–water partition coefficient (Wildman–Crippen LogP) is 4.69. The zero-order valence-corrected chi connectivity index (χ0v) is 15.9. The molecule has 0 rings (SSSR count).